The van der Waals surface area contributed by atoms with E-state index in [4.69, 9.17) is 17.0 Å². The van der Waals surface area contributed by atoms with Crippen molar-refractivity contribution in [2.45, 2.75) is 0 Å². The van der Waals surface area contributed by atoms with Gasteiger partial charge in [-0.25, -0.2) is 0 Å². The van der Waals surface area contributed by atoms with Gasteiger partial charge in [0.1, 0.15) is 0 Å². The molecule has 0 radical (unpaired) electrons. The predicted molar refractivity (Wildman–Crippen MR) is 44.6 cm³/mol. The molecule has 0 heterocycles. The van der Waals surface area contributed by atoms with E-state index in [1.807, 2.05) is 0 Å². The molecule has 1 aromatic rings. The van der Waals surface area contributed by atoms with Gasteiger partial charge in [-0.1, -0.05) is 22.7 Å². The number of benzene rings is 1. The maximum absolute atomic E-state index is 7.24. The third-order valence-corrected chi connectivity index (χ3v) is 1.45. The van der Waals surface area contributed by atoms with Gasteiger partial charge in [0, 0.05) is 10.6 Å². The fourth-order valence-electron chi connectivity index (χ4n) is 0.726. The minimum atomic E-state index is -0.181. The Bertz CT molecular complexity index is 290. The zero-order chi connectivity index (χ0) is 8.97. The maximum atomic E-state index is 7.24. The Morgan fingerprint density at radius 2 is 2.25 bits per heavy atom. The third-order valence-electron chi connectivity index (χ3n) is 1.22. The minimum Gasteiger partial charge on any atom is -0.299 e. The van der Waals surface area contributed by atoms with Crippen molar-refractivity contribution < 1.29 is 9.88 Å². The van der Waals surface area contributed by atoms with Crippen LogP contribution in [0.1, 0.15) is 5.56 Å². The van der Waals surface area contributed by atoms with Gasteiger partial charge in [0.05, 0.1) is 0 Å². The van der Waals surface area contributed by atoms with Gasteiger partial charge in [-0.2, -0.15) is 5.90 Å². The first-order chi connectivity index (χ1) is 5.74. The summed E-state index contributed by atoms with van der Waals surface area (Å²) in [5.74, 6) is 4.43. The SMILES string of the molecule is N=C(OON)c1cccc(Cl)c1. The lowest BCUT2D eigenvalue weighted by atomic mass is 10.2. The number of rotatable bonds is 2. The molecule has 5 heteroatoms. The monoisotopic (exact) mass is 186 g/mol. The first kappa shape index (κ1) is 8.99. The second kappa shape index (κ2) is 4.06. The van der Waals surface area contributed by atoms with Crippen molar-refractivity contribution in [1.82, 2.24) is 0 Å². The first-order valence-corrected chi connectivity index (χ1v) is 3.49. The van der Waals surface area contributed by atoms with Crippen molar-refractivity contribution in [2.75, 3.05) is 0 Å². The molecular formula is C7H7ClN2O2. The van der Waals surface area contributed by atoms with Gasteiger partial charge >= 0.3 is 0 Å². The fourth-order valence-corrected chi connectivity index (χ4v) is 0.916. The second-order valence-corrected chi connectivity index (χ2v) is 2.46. The predicted octanol–water partition coefficient (Wildman–Crippen LogP) is 1.49. The summed E-state index contributed by atoms with van der Waals surface area (Å²) >= 11 is 5.66. The van der Waals surface area contributed by atoms with Gasteiger partial charge in [-0.05, 0) is 18.2 Å². The van der Waals surface area contributed by atoms with Crippen molar-refractivity contribution >= 4 is 17.5 Å². The van der Waals surface area contributed by atoms with E-state index in [9.17, 15) is 0 Å². The molecule has 12 heavy (non-hydrogen) atoms. The summed E-state index contributed by atoms with van der Waals surface area (Å²) in [7, 11) is 0. The van der Waals surface area contributed by atoms with Crippen molar-refractivity contribution in [2.24, 2.45) is 5.90 Å². The van der Waals surface area contributed by atoms with Crippen molar-refractivity contribution in [3.63, 3.8) is 0 Å². The van der Waals surface area contributed by atoms with Gasteiger partial charge in [0.15, 0.2) is 0 Å². The van der Waals surface area contributed by atoms with Crippen LogP contribution in [0.25, 0.3) is 0 Å². The number of halogens is 1. The van der Waals surface area contributed by atoms with Crippen LogP contribution in [0.15, 0.2) is 24.3 Å². The summed E-state index contributed by atoms with van der Waals surface area (Å²) < 4.78 is 0. The Morgan fingerprint density at radius 1 is 1.50 bits per heavy atom. The molecule has 0 bridgehead atoms. The van der Waals surface area contributed by atoms with E-state index in [0.717, 1.165) is 0 Å². The Kier molecular flexibility index (Phi) is 3.04. The highest BCUT2D eigenvalue weighted by Crippen LogP contribution is 2.11. The molecule has 0 saturated heterocycles. The third kappa shape index (κ3) is 2.20. The van der Waals surface area contributed by atoms with Crippen LogP contribution < -0.4 is 5.90 Å². The highest BCUT2D eigenvalue weighted by atomic mass is 35.5. The van der Waals surface area contributed by atoms with E-state index >= 15 is 0 Å². The van der Waals surface area contributed by atoms with Gasteiger partial charge < -0.3 is 0 Å². The molecule has 0 aromatic heterocycles. The van der Waals surface area contributed by atoms with E-state index in [0.29, 0.717) is 10.6 Å². The summed E-state index contributed by atoms with van der Waals surface area (Å²) in [5, 5.41) is 7.77. The zero-order valence-electron chi connectivity index (χ0n) is 6.08. The van der Waals surface area contributed by atoms with Crippen LogP contribution in [-0.2, 0) is 9.88 Å². The van der Waals surface area contributed by atoms with E-state index in [1.165, 1.54) is 0 Å². The highest BCUT2D eigenvalue weighted by Gasteiger charge is 2.02. The van der Waals surface area contributed by atoms with Crippen molar-refractivity contribution in [1.29, 1.82) is 5.41 Å². The van der Waals surface area contributed by atoms with Crippen LogP contribution in [0.2, 0.25) is 5.02 Å². The smallest absolute Gasteiger partial charge is 0.258 e. The van der Waals surface area contributed by atoms with E-state index < -0.39 is 0 Å². The molecule has 0 aliphatic rings. The molecule has 0 fully saturated rings. The van der Waals surface area contributed by atoms with Gasteiger partial charge in [-0.15, -0.1) is 0 Å². The lowest BCUT2D eigenvalue weighted by Gasteiger charge is -2.01. The number of hydrogen-bond donors (Lipinski definition) is 2. The standard InChI is InChI=1S/C7H7ClN2O2/c8-6-3-1-2-5(4-6)7(9)11-12-10/h1-4,9H,10H2. The molecular weight excluding hydrogens is 180 g/mol. The molecule has 0 unspecified atom stereocenters. The van der Waals surface area contributed by atoms with E-state index in [2.05, 4.69) is 15.8 Å². The van der Waals surface area contributed by atoms with E-state index in [1.54, 1.807) is 24.3 Å². The fraction of sp³-hybridized carbons (Fsp3) is 0. The lowest BCUT2D eigenvalue weighted by molar-refractivity contribution is -0.227. The molecule has 0 spiro atoms. The topological polar surface area (TPSA) is 68.3 Å². The van der Waals surface area contributed by atoms with Crippen LogP contribution >= 0.6 is 11.6 Å². The average molecular weight is 187 g/mol. The number of nitrogens with two attached hydrogens (primary N) is 1. The molecule has 4 nitrogen and oxygen atoms in total. The highest BCUT2D eigenvalue weighted by molar-refractivity contribution is 6.30. The van der Waals surface area contributed by atoms with Crippen LogP contribution in [0.5, 0.6) is 0 Å². The molecule has 1 rings (SSSR count). The first-order valence-electron chi connectivity index (χ1n) is 3.12. The zero-order valence-corrected chi connectivity index (χ0v) is 6.84. The lowest BCUT2D eigenvalue weighted by Crippen LogP contribution is -2.09. The Hall–Kier alpha value is -1.10. The summed E-state index contributed by atoms with van der Waals surface area (Å²) in [5.41, 5.74) is 0.507. The van der Waals surface area contributed by atoms with Gasteiger partial charge in [0.2, 0.25) is 0 Å². The minimum absolute atomic E-state index is 0.181. The Morgan fingerprint density at radius 3 is 2.83 bits per heavy atom. The molecule has 0 amide bonds. The molecule has 1 aromatic carbocycles. The molecule has 0 atom stereocenters. The molecule has 0 aliphatic heterocycles. The normalized spacial score (nSPS) is 9.50. The quantitative estimate of drug-likeness (QED) is 0.318. The van der Waals surface area contributed by atoms with Crippen LogP contribution in [-0.4, -0.2) is 5.90 Å². The summed E-state index contributed by atoms with van der Waals surface area (Å²) in [6.45, 7) is 0. The number of hydrogen-bond acceptors (Lipinski definition) is 4. The van der Waals surface area contributed by atoms with Gasteiger partial charge in [0.25, 0.3) is 5.90 Å². The summed E-state index contributed by atoms with van der Waals surface area (Å²) in [6.07, 6.45) is 0. The van der Waals surface area contributed by atoms with Crippen LogP contribution in [0, 0.1) is 5.41 Å². The van der Waals surface area contributed by atoms with Gasteiger partial charge in [-0.3, -0.25) is 10.3 Å². The van der Waals surface area contributed by atoms with Crippen molar-refractivity contribution in [3.05, 3.63) is 34.9 Å². The Balaban J connectivity index is 2.81. The van der Waals surface area contributed by atoms with Crippen LogP contribution in [0.4, 0.5) is 0 Å². The molecule has 64 valence electrons. The molecule has 0 aliphatic carbocycles. The second-order valence-electron chi connectivity index (χ2n) is 2.02. The maximum Gasteiger partial charge on any atom is 0.258 e. The largest absolute Gasteiger partial charge is 0.299 e. The number of nitrogens with one attached hydrogen (secondary N) is 1. The van der Waals surface area contributed by atoms with E-state index in [-0.39, 0.29) is 5.90 Å². The average Bonchev–Trinajstić information content (AvgIpc) is 2.05. The molecule has 3 N–H and O–H groups in total. The summed E-state index contributed by atoms with van der Waals surface area (Å²) in [4.78, 5) is 8.12. The van der Waals surface area contributed by atoms with Crippen LogP contribution in [0.3, 0.4) is 0 Å². The molecule has 0 saturated carbocycles. The Labute approximate surface area is 74.2 Å². The summed E-state index contributed by atoms with van der Waals surface area (Å²) in [6, 6.07) is 6.63. The van der Waals surface area contributed by atoms with Crippen molar-refractivity contribution in [3.8, 4) is 0 Å².